The van der Waals surface area contributed by atoms with Crippen molar-refractivity contribution < 1.29 is 9.18 Å². The summed E-state index contributed by atoms with van der Waals surface area (Å²) in [4.78, 5) is 17.9. The minimum absolute atomic E-state index is 0.0545. The maximum Gasteiger partial charge on any atom is 0.228 e. The van der Waals surface area contributed by atoms with Crippen molar-refractivity contribution in [2.75, 3.05) is 5.32 Å². The molecule has 0 unspecified atom stereocenters. The molecule has 4 rings (SSSR count). The smallest absolute Gasteiger partial charge is 0.228 e. The molecule has 23 heavy (non-hydrogen) atoms. The Morgan fingerprint density at radius 1 is 1.26 bits per heavy atom. The maximum atomic E-state index is 13.2. The molecule has 0 atom stereocenters. The van der Waals surface area contributed by atoms with E-state index in [-0.39, 0.29) is 17.6 Å². The van der Waals surface area contributed by atoms with Gasteiger partial charge in [0.15, 0.2) is 4.96 Å². The van der Waals surface area contributed by atoms with Crippen LogP contribution in [0.3, 0.4) is 0 Å². The SMILES string of the molecule is O=C(Nc1c(-c2ccc(F)cc2)nc2sccn12)C1CCCC1. The van der Waals surface area contributed by atoms with Crippen molar-refractivity contribution in [1.29, 1.82) is 0 Å². The lowest BCUT2D eigenvalue weighted by molar-refractivity contribution is -0.119. The van der Waals surface area contributed by atoms with Gasteiger partial charge in [0, 0.05) is 23.1 Å². The molecule has 2 aromatic heterocycles. The van der Waals surface area contributed by atoms with E-state index in [9.17, 15) is 9.18 Å². The van der Waals surface area contributed by atoms with Gasteiger partial charge in [-0.25, -0.2) is 9.37 Å². The van der Waals surface area contributed by atoms with Gasteiger partial charge in [0.25, 0.3) is 0 Å². The number of thiazole rings is 1. The topological polar surface area (TPSA) is 46.4 Å². The molecule has 1 aliphatic rings. The summed E-state index contributed by atoms with van der Waals surface area (Å²) in [5.41, 5.74) is 1.48. The van der Waals surface area contributed by atoms with Gasteiger partial charge in [0.1, 0.15) is 17.3 Å². The van der Waals surface area contributed by atoms with Crippen LogP contribution in [0.4, 0.5) is 10.2 Å². The van der Waals surface area contributed by atoms with E-state index in [4.69, 9.17) is 0 Å². The Morgan fingerprint density at radius 3 is 2.74 bits per heavy atom. The molecule has 118 valence electrons. The van der Waals surface area contributed by atoms with Crippen LogP contribution in [0.2, 0.25) is 0 Å². The number of benzene rings is 1. The molecule has 0 saturated heterocycles. The first-order valence-corrected chi connectivity index (χ1v) is 8.63. The van der Waals surface area contributed by atoms with E-state index in [1.165, 1.54) is 23.5 Å². The Kier molecular flexibility index (Phi) is 3.61. The molecular weight excluding hydrogens is 313 g/mol. The van der Waals surface area contributed by atoms with Crippen molar-refractivity contribution >= 4 is 28.0 Å². The van der Waals surface area contributed by atoms with Crippen LogP contribution in [0, 0.1) is 11.7 Å². The monoisotopic (exact) mass is 329 g/mol. The van der Waals surface area contributed by atoms with E-state index in [0.29, 0.717) is 11.5 Å². The molecule has 3 aromatic rings. The molecule has 0 spiro atoms. The second kappa shape index (κ2) is 5.77. The van der Waals surface area contributed by atoms with Crippen molar-refractivity contribution in [3.8, 4) is 11.3 Å². The summed E-state index contributed by atoms with van der Waals surface area (Å²) in [6.45, 7) is 0. The van der Waals surface area contributed by atoms with Crippen molar-refractivity contribution in [1.82, 2.24) is 9.38 Å². The zero-order valence-electron chi connectivity index (χ0n) is 12.5. The zero-order valence-corrected chi connectivity index (χ0v) is 13.3. The summed E-state index contributed by atoms with van der Waals surface area (Å²) in [7, 11) is 0. The molecule has 1 N–H and O–H groups in total. The number of anilines is 1. The van der Waals surface area contributed by atoms with Crippen LogP contribution < -0.4 is 5.32 Å². The Morgan fingerprint density at radius 2 is 2.00 bits per heavy atom. The van der Waals surface area contributed by atoms with Crippen molar-refractivity contribution in [2.24, 2.45) is 5.92 Å². The maximum absolute atomic E-state index is 13.2. The van der Waals surface area contributed by atoms with E-state index in [0.717, 1.165) is 36.2 Å². The number of carbonyl (C=O) groups excluding carboxylic acids is 1. The number of amides is 1. The number of nitrogens with zero attached hydrogens (tertiary/aromatic N) is 2. The summed E-state index contributed by atoms with van der Waals surface area (Å²) in [5.74, 6) is 0.523. The van der Waals surface area contributed by atoms with Crippen LogP contribution in [-0.2, 0) is 4.79 Å². The summed E-state index contributed by atoms with van der Waals surface area (Å²) < 4.78 is 15.1. The highest BCUT2D eigenvalue weighted by atomic mass is 32.1. The van der Waals surface area contributed by atoms with Gasteiger partial charge < -0.3 is 5.32 Å². The third-order valence-corrected chi connectivity index (χ3v) is 5.10. The number of nitrogens with one attached hydrogen (secondary N) is 1. The highest BCUT2D eigenvalue weighted by molar-refractivity contribution is 7.15. The van der Waals surface area contributed by atoms with Gasteiger partial charge in [-0.2, -0.15) is 0 Å². The summed E-state index contributed by atoms with van der Waals surface area (Å²) in [5, 5.41) is 4.98. The van der Waals surface area contributed by atoms with E-state index >= 15 is 0 Å². The third kappa shape index (κ3) is 2.63. The van der Waals surface area contributed by atoms with Gasteiger partial charge in [0.2, 0.25) is 5.91 Å². The Labute approximate surface area is 137 Å². The molecule has 0 bridgehead atoms. The number of hydrogen-bond acceptors (Lipinski definition) is 3. The molecule has 1 fully saturated rings. The quantitative estimate of drug-likeness (QED) is 0.777. The number of imidazole rings is 1. The molecule has 4 nitrogen and oxygen atoms in total. The van der Waals surface area contributed by atoms with E-state index in [1.807, 2.05) is 16.0 Å². The first kappa shape index (κ1) is 14.4. The number of rotatable bonds is 3. The predicted molar refractivity (Wildman–Crippen MR) is 89.1 cm³/mol. The zero-order chi connectivity index (χ0) is 15.8. The largest absolute Gasteiger partial charge is 0.310 e. The first-order valence-electron chi connectivity index (χ1n) is 7.75. The second-order valence-electron chi connectivity index (χ2n) is 5.84. The fourth-order valence-electron chi connectivity index (χ4n) is 3.12. The van der Waals surface area contributed by atoms with Gasteiger partial charge in [0.05, 0.1) is 0 Å². The second-order valence-corrected chi connectivity index (χ2v) is 6.72. The van der Waals surface area contributed by atoms with Crippen LogP contribution in [-0.4, -0.2) is 15.3 Å². The van der Waals surface area contributed by atoms with E-state index in [1.54, 1.807) is 12.1 Å². The van der Waals surface area contributed by atoms with Crippen molar-refractivity contribution in [3.05, 3.63) is 41.7 Å². The number of halogens is 1. The molecule has 1 amide bonds. The molecule has 1 saturated carbocycles. The molecule has 1 aliphatic carbocycles. The average Bonchev–Trinajstić information content (AvgIpc) is 3.26. The van der Waals surface area contributed by atoms with Crippen LogP contribution in [0.1, 0.15) is 25.7 Å². The molecule has 6 heteroatoms. The fourth-order valence-corrected chi connectivity index (χ4v) is 3.83. The number of aromatic nitrogens is 2. The van der Waals surface area contributed by atoms with Gasteiger partial charge in [-0.1, -0.05) is 12.8 Å². The number of fused-ring (bicyclic) bond motifs is 1. The van der Waals surface area contributed by atoms with Crippen molar-refractivity contribution in [3.63, 3.8) is 0 Å². The lowest BCUT2D eigenvalue weighted by Gasteiger charge is -2.11. The Balaban J connectivity index is 1.74. The van der Waals surface area contributed by atoms with Crippen LogP contribution in [0.15, 0.2) is 35.8 Å². The third-order valence-electron chi connectivity index (χ3n) is 4.35. The van der Waals surface area contributed by atoms with Crippen LogP contribution >= 0.6 is 11.3 Å². The lowest BCUT2D eigenvalue weighted by Crippen LogP contribution is -2.21. The van der Waals surface area contributed by atoms with E-state index in [2.05, 4.69) is 10.3 Å². The van der Waals surface area contributed by atoms with Gasteiger partial charge in [-0.15, -0.1) is 11.3 Å². The summed E-state index contributed by atoms with van der Waals surface area (Å²) in [6.07, 6.45) is 6.02. The molecule has 0 radical (unpaired) electrons. The standard InChI is InChI=1S/C17H16FN3OS/c18-13-7-5-11(6-8-13)14-15(21-9-10-23-17(21)19-14)20-16(22)12-3-1-2-4-12/h5-10,12H,1-4H2,(H,20,22). The molecule has 1 aromatic carbocycles. The highest BCUT2D eigenvalue weighted by Gasteiger charge is 2.25. The van der Waals surface area contributed by atoms with E-state index < -0.39 is 0 Å². The van der Waals surface area contributed by atoms with Gasteiger partial charge in [-0.05, 0) is 37.1 Å². The fraction of sp³-hybridized carbons (Fsp3) is 0.294. The molecule has 0 aliphatic heterocycles. The number of carbonyl (C=O) groups is 1. The summed E-state index contributed by atoms with van der Waals surface area (Å²) >= 11 is 1.51. The number of hydrogen-bond donors (Lipinski definition) is 1. The van der Waals surface area contributed by atoms with Crippen LogP contribution in [0.5, 0.6) is 0 Å². The Bertz CT molecular complexity index is 846. The Hall–Kier alpha value is -2.21. The average molecular weight is 329 g/mol. The highest BCUT2D eigenvalue weighted by Crippen LogP contribution is 2.32. The van der Waals surface area contributed by atoms with Gasteiger partial charge >= 0.3 is 0 Å². The minimum atomic E-state index is -0.286. The van der Waals surface area contributed by atoms with Crippen LogP contribution in [0.25, 0.3) is 16.2 Å². The summed E-state index contributed by atoms with van der Waals surface area (Å²) in [6, 6.07) is 6.19. The predicted octanol–water partition coefficient (Wildman–Crippen LogP) is 4.33. The molecule has 2 heterocycles. The van der Waals surface area contributed by atoms with Crippen molar-refractivity contribution in [2.45, 2.75) is 25.7 Å². The molecular formula is C17H16FN3OS. The minimum Gasteiger partial charge on any atom is -0.310 e. The first-order chi connectivity index (χ1) is 11.2. The lowest BCUT2D eigenvalue weighted by atomic mass is 10.1. The normalized spacial score (nSPS) is 15.3. The van der Waals surface area contributed by atoms with Gasteiger partial charge in [-0.3, -0.25) is 9.20 Å².